The maximum Gasteiger partial charge on any atom is 0.290 e. The first-order valence-electron chi connectivity index (χ1n) is 4.97. The number of benzene rings is 1. The maximum absolute atomic E-state index is 10.9. The Bertz CT molecular complexity index is 656. The van der Waals surface area contributed by atoms with Crippen LogP contribution < -0.4 is 0 Å². The van der Waals surface area contributed by atoms with Crippen LogP contribution in [0.5, 0.6) is 0 Å². The summed E-state index contributed by atoms with van der Waals surface area (Å²) in [5.41, 5.74) is -0.677. The van der Waals surface area contributed by atoms with Crippen molar-refractivity contribution in [3.63, 3.8) is 0 Å². The molecule has 9 nitrogen and oxygen atoms in total. The number of aromatic nitrogens is 3. The zero-order valence-corrected chi connectivity index (χ0v) is 10.4. The van der Waals surface area contributed by atoms with Crippen LogP contribution in [0, 0.1) is 27.2 Å². The van der Waals surface area contributed by atoms with Crippen molar-refractivity contribution in [2.75, 3.05) is 0 Å². The van der Waals surface area contributed by atoms with Crippen molar-refractivity contribution in [2.45, 2.75) is 17.0 Å². The molecule has 98 valence electrons. The number of hydrogen-bond acceptors (Lipinski definition) is 7. The summed E-state index contributed by atoms with van der Waals surface area (Å²) in [6.45, 7) is 1.70. The minimum Gasteiger partial charge on any atom is -0.262 e. The van der Waals surface area contributed by atoms with Crippen molar-refractivity contribution >= 4 is 23.1 Å². The molecule has 2 rings (SSSR count). The minimum atomic E-state index is -0.682. The number of nitro benzene ring substituents is 2. The number of rotatable bonds is 4. The highest BCUT2D eigenvalue weighted by Crippen LogP contribution is 2.35. The molecule has 0 fully saturated rings. The molecule has 0 amide bonds. The Morgan fingerprint density at radius 1 is 1.26 bits per heavy atom. The fraction of sp³-hybridized carbons (Fsp3) is 0.111. The quantitative estimate of drug-likeness (QED) is 0.670. The van der Waals surface area contributed by atoms with Gasteiger partial charge in [-0.3, -0.25) is 25.3 Å². The lowest BCUT2D eigenvalue weighted by molar-refractivity contribution is -0.396. The molecule has 0 unspecified atom stereocenters. The van der Waals surface area contributed by atoms with Crippen molar-refractivity contribution < 1.29 is 9.85 Å². The lowest BCUT2D eigenvalue weighted by atomic mass is 10.3. The fourth-order valence-corrected chi connectivity index (χ4v) is 2.16. The fourth-order valence-electron chi connectivity index (χ4n) is 1.31. The van der Waals surface area contributed by atoms with Crippen LogP contribution in [0.3, 0.4) is 0 Å². The van der Waals surface area contributed by atoms with Crippen LogP contribution in [0.25, 0.3) is 0 Å². The van der Waals surface area contributed by atoms with E-state index in [0.29, 0.717) is 11.0 Å². The lowest BCUT2D eigenvalue weighted by Crippen LogP contribution is -1.94. The van der Waals surface area contributed by atoms with Gasteiger partial charge in [0.25, 0.3) is 11.4 Å². The largest absolute Gasteiger partial charge is 0.290 e. The summed E-state index contributed by atoms with van der Waals surface area (Å²) in [7, 11) is 0. The Balaban J connectivity index is 2.39. The first-order valence-corrected chi connectivity index (χ1v) is 5.78. The molecule has 0 aliphatic heterocycles. The normalized spacial score (nSPS) is 10.4. The van der Waals surface area contributed by atoms with Gasteiger partial charge < -0.3 is 0 Å². The molecule has 0 saturated heterocycles. The Morgan fingerprint density at radius 3 is 2.53 bits per heavy atom. The third-order valence-corrected chi connectivity index (χ3v) is 3.06. The van der Waals surface area contributed by atoms with Crippen molar-refractivity contribution in [1.29, 1.82) is 0 Å². The number of H-pyrrole nitrogens is 1. The Morgan fingerprint density at radius 2 is 2.00 bits per heavy atom. The first kappa shape index (κ1) is 13.0. The second-order valence-corrected chi connectivity index (χ2v) is 4.48. The molecular formula is C9H7N5O4S. The monoisotopic (exact) mass is 281 g/mol. The zero-order chi connectivity index (χ0) is 14.0. The summed E-state index contributed by atoms with van der Waals surface area (Å²) in [6.07, 6.45) is 0. The van der Waals surface area contributed by atoms with Gasteiger partial charge in [-0.15, -0.1) is 5.10 Å². The van der Waals surface area contributed by atoms with Gasteiger partial charge in [-0.05, 0) is 24.8 Å². The van der Waals surface area contributed by atoms with E-state index in [0.717, 1.165) is 17.8 Å². The summed E-state index contributed by atoms with van der Waals surface area (Å²) in [5, 5.41) is 28.3. The van der Waals surface area contributed by atoms with Crippen LogP contribution in [0.2, 0.25) is 0 Å². The molecule has 19 heavy (non-hydrogen) atoms. The Hall–Kier alpha value is -2.49. The van der Waals surface area contributed by atoms with Gasteiger partial charge >= 0.3 is 0 Å². The topological polar surface area (TPSA) is 128 Å². The predicted molar refractivity (Wildman–Crippen MR) is 65.0 cm³/mol. The second kappa shape index (κ2) is 5.02. The zero-order valence-electron chi connectivity index (χ0n) is 9.56. The molecule has 1 N–H and O–H groups in total. The van der Waals surface area contributed by atoms with Gasteiger partial charge in [0.1, 0.15) is 5.82 Å². The van der Waals surface area contributed by atoms with E-state index in [1.807, 2.05) is 0 Å². The van der Waals surface area contributed by atoms with Crippen molar-refractivity contribution in [1.82, 2.24) is 15.2 Å². The second-order valence-electron chi connectivity index (χ2n) is 3.47. The minimum absolute atomic E-state index is 0.245. The summed E-state index contributed by atoms with van der Waals surface area (Å²) in [4.78, 5) is 24.4. The highest BCUT2D eigenvalue weighted by molar-refractivity contribution is 7.99. The number of aromatic amines is 1. The summed E-state index contributed by atoms with van der Waals surface area (Å²) in [6, 6.07) is 3.43. The SMILES string of the molecule is Cc1nc(Sc2ccc([N+](=O)[O-])cc2[N+](=O)[O-])n[nH]1. The smallest absolute Gasteiger partial charge is 0.262 e. The van der Waals surface area contributed by atoms with E-state index < -0.39 is 9.85 Å². The van der Waals surface area contributed by atoms with Gasteiger partial charge in [0.15, 0.2) is 0 Å². The van der Waals surface area contributed by atoms with E-state index in [-0.39, 0.29) is 16.3 Å². The molecular weight excluding hydrogens is 274 g/mol. The van der Waals surface area contributed by atoms with Gasteiger partial charge in [-0.2, -0.15) is 0 Å². The van der Waals surface area contributed by atoms with E-state index in [1.165, 1.54) is 12.1 Å². The summed E-state index contributed by atoms with van der Waals surface area (Å²) in [5.74, 6) is 0.576. The molecule has 10 heteroatoms. The molecule has 1 aromatic heterocycles. The number of nitro groups is 2. The number of aryl methyl sites for hydroxylation is 1. The van der Waals surface area contributed by atoms with Crippen molar-refractivity contribution in [3.8, 4) is 0 Å². The van der Waals surface area contributed by atoms with Crippen LogP contribution in [0.1, 0.15) is 5.82 Å². The molecule has 1 heterocycles. The third-order valence-electron chi connectivity index (χ3n) is 2.13. The molecule has 2 aromatic rings. The van der Waals surface area contributed by atoms with E-state index in [9.17, 15) is 20.2 Å². The average Bonchev–Trinajstić information content (AvgIpc) is 2.74. The van der Waals surface area contributed by atoms with E-state index in [2.05, 4.69) is 15.2 Å². The van der Waals surface area contributed by atoms with Gasteiger partial charge in [0.05, 0.1) is 20.8 Å². The average molecular weight is 281 g/mol. The standard InChI is InChI=1S/C9H7N5O4S/c1-5-10-9(12-11-5)19-8-3-2-6(13(15)16)4-7(8)14(17)18/h2-4H,1H3,(H,10,11,12). The van der Waals surface area contributed by atoms with Crippen LogP contribution in [-0.2, 0) is 0 Å². The van der Waals surface area contributed by atoms with Gasteiger partial charge in [-0.25, -0.2) is 4.98 Å². The molecule has 0 bridgehead atoms. The van der Waals surface area contributed by atoms with E-state index in [1.54, 1.807) is 6.92 Å². The first-order chi connectivity index (χ1) is 8.97. The molecule has 0 radical (unpaired) electrons. The lowest BCUT2D eigenvalue weighted by Gasteiger charge is -1.99. The Kier molecular flexibility index (Phi) is 3.42. The molecule has 1 aromatic carbocycles. The molecule has 0 aliphatic rings. The van der Waals surface area contributed by atoms with E-state index in [4.69, 9.17) is 0 Å². The Labute approximate surface area is 110 Å². The van der Waals surface area contributed by atoms with E-state index >= 15 is 0 Å². The number of non-ortho nitro benzene ring substituents is 1. The number of nitrogens with one attached hydrogen (secondary N) is 1. The number of hydrogen-bond donors (Lipinski definition) is 1. The summed E-state index contributed by atoms with van der Waals surface area (Å²) >= 11 is 0.966. The summed E-state index contributed by atoms with van der Waals surface area (Å²) < 4.78 is 0. The molecule has 0 spiro atoms. The van der Waals surface area contributed by atoms with Gasteiger partial charge in [0, 0.05) is 6.07 Å². The maximum atomic E-state index is 10.9. The highest BCUT2D eigenvalue weighted by Gasteiger charge is 2.21. The van der Waals surface area contributed by atoms with Crippen LogP contribution in [0.15, 0.2) is 28.3 Å². The van der Waals surface area contributed by atoms with Crippen molar-refractivity contribution in [2.24, 2.45) is 0 Å². The van der Waals surface area contributed by atoms with Gasteiger partial charge in [-0.1, -0.05) is 0 Å². The number of nitrogens with zero attached hydrogens (tertiary/aromatic N) is 4. The van der Waals surface area contributed by atoms with Gasteiger partial charge in [0.2, 0.25) is 5.16 Å². The highest BCUT2D eigenvalue weighted by atomic mass is 32.2. The predicted octanol–water partition coefficient (Wildman–Crippen LogP) is 2.08. The molecule has 0 aliphatic carbocycles. The third kappa shape index (κ3) is 2.85. The molecule has 0 atom stereocenters. The van der Waals surface area contributed by atoms with Crippen LogP contribution in [0.4, 0.5) is 11.4 Å². The van der Waals surface area contributed by atoms with Crippen LogP contribution >= 0.6 is 11.8 Å². The molecule has 0 saturated carbocycles. The van der Waals surface area contributed by atoms with Crippen LogP contribution in [-0.4, -0.2) is 25.0 Å². The van der Waals surface area contributed by atoms with Crippen molar-refractivity contribution in [3.05, 3.63) is 44.3 Å².